The fourth-order valence-electron chi connectivity index (χ4n) is 2.89. The summed E-state index contributed by atoms with van der Waals surface area (Å²) in [5.74, 6) is 0.253. The molecule has 146 valence electrons. The van der Waals surface area contributed by atoms with Gasteiger partial charge < -0.3 is 8.92 Å². The Labute approximate surface area is 176 Å². The fraction of sp³-hybridized carbons (Fsp3) is 0.0455. The summed E-state index contributed by atoms with van der Waals surface area (Å²) in [5, 5.41) is 0. The van der Waals surface area contributed by atoms with E-state index >= 15 is 0 Å². The number of allylic oxidation sites excluding steroid dienone is 1. The van der Waals surface area contributed by atoms with Crippen LogP contribution in [0.3, 0.4) is 0 Å². The normalized spacial score (nSPS) is 14.6. The van der Waals surface area contributed by atoms with Gasteiger partial charge in [-0.2, -0.15) is 8.42 Å². The maximum atomic E-state index is 12.6. The van der Waals surface area contributed by atoms with E-state index in [4.69, 9.17) is 8.92 Å². The lowest BCUT2D eigenvalue weighted by Crippen LogP contribution is -2.09. The second-order valence-electron chi connectivity index (χ2n) is 6.45. The van der Waals surface area contributed by atoms with Gasteiger partial charge in [-0.15, -0.1) is 0 Å². The Morgan fingerprint density at radius 2 is 1.72 bits per heavy atom. The van der Waals surface area contributed by atoms with Gasteiger partial charge in [-0.05, 0) is 60.5 Å². The third kappa shape index (κ3) is 3.97. The zero-order chi connectivity index (χ0) is 20.6. The van der Waals surface area contributed by atoms with E-state index in [1.165, 1.54) is 30.3 Å². The summed E-state index contributed by atoms with van der Waals surface area (Å²) < 4.78 is 36.6. The number of carbonyl (C=O) groups excluding carboxylic acids is 1. The second kappa shape index (κ2) is 7.50. The van der Waals surface area contributed by atoms with E-state index in [1.807, 2.05) is 31.2 Å². The zero-order valence-corrected chi connectivity index (χ0v) is 17.7. The fourth-order valence-corrected chi connectivity index (χ4v) is 4.07. The van der Waals surface area contributed by atoms with Crippen LogP contribution in [-0.2, 0) is 10.1 Å². The molecule has 4 rings (SSSR count). The maximum absolute atomic E-state index is 12.6. The Balaban J connectivity index is 1.61. The van der Waals surface area contributed by atoms with Crippen LogP contribution in [0.4, 0.5) is 0 Å². The summed E-state index contributed by atoms with van der Waals surface area (Å²) in [6.07, 6.45) is 1.68. The van der Waals surface area contributed by atoms with Crippen molar-refractivity contribution in [2.45, 2.75) is 11.8 Å². The van der Waals surface area contributed by atoms with Crippen molar-refractivity contribution in [2.75, 3.05) is 0 Å². The molecule has 3 aromatic carbocycles. The van der Waals surface area contributed by atoms with Gasteiger partial charge in [-0.3, -0.25) is 4.79 Å². The van der Waals surface area contributed by atoms with Crippen LogP contribution in [-0.4, -0.2) is 14.2 Å². The first-order valence-corrected chi connectivity index (χ1v) is 10.9. The van der Waals surface area contributed by atoms with Crippen molar-refractivity contribution in [3.8, 4) is 11.5 Å². The van der Waals surface area contributed by atoms with Crippen molar-refractivity contribution in [1.82, 2.24) is 0 Å². The second-order valence-corrected chi connectivity index (χ2v) is 8.91. The minimum atomic E-state index is -4.00. The third-order valence-corrected chi connectivity index (χ3v) is 6.21. The molecule has 0 radical (unpaired) electrons. The molecular weight excluding hydrogens is 456 g/mol. The Hall–Kier alpha value is -2.90. The highest BCUT2D eigenvalue weighted by Crippen LogP contribution is 2.36. The number of hydrogen-bond donors (Lipinski definition) is 0. The van der Waals surface area contributed by atoms with E-state index in [9.17, 15) is 13.2 Å². The molecule has 0 aromatic heterocycles. The Morgan fingerprint density at radius 1 is 1.00 bits per heavy atom. The quantitative estimate of drug-likeness (QED) is 0.389. The molecule has 0 saturated heterocycles. The average Bonchev–Trinajstić information content (AvgIpc) is 2.98. The molecule has 0 saturated carbocycles. The summed E-state index contributed by atoms with van der Waals surface area (Å²) >= 11 is 3.26. The van der Waals surface area contributed by atoms with Crippen molar-refractivity contribution < 1.29 is 22.1 Å². The minimum Gasteiger partial charge on any atom is -0.452 e. The Morgan fingerprint density at radius 3 is 2.45 bits per heavy atom. The van der Waals surface area contributed by atoms with Crippen LogP contribution < -0.4 is 8.92 Å². The summed E-state index contributed by atoms with van der Waals surface area (Å²) in [7, 11) is -4.00. The van der Waals surface area contributed by atoms with Crippen LogP contribution in [0, 0.1) is 6.92 Å². The largest absolute Gasteiger partial charge is 0.452 e. The molecule has 0 fully saturated rings. The summed E-state index contributed by atoms with van der Waals surface area (Å²) in [4.78, 5) is 12.6. The highest BCUT2D eigenvalue weighted by molar-refractivity contribution is 9.10. The van der Waals surface area contributed by atoms with Gasteiger partial charge in [-0.1, -0.05) is 40.2 Å². The van der Waals surface area contributed by atoms with Gasteiger partial charge in [0.15, 0.2) is 5.76 Å². The standard InChI is InChI=1S/C22H15BrO5S/c1-14-4-2-3-5-15(14)12-21-22(24)19-11-8-17(13-20(19)27-21)28-29(25,26)18-9-6-16(23)7-10-18/h2-13H,1H3. The molecule has 0 spiro atoms. The molecule has 0 amide bonds. The van der Waals surface area contributed by atoms with E-state index in [0.29, 0.717) is 5.56 Å². The lowest BCUT2D eigenvalue weighted by molar-refractivity contribution is 0.101. The summed E-state index contributed by atoms with van der Waals surface area (Å²) in [6, 6.07) is 18.1. The maximum Gasteiger partial charge on any atom is 0.339 e. The SMILES string of the molecule is Cc1ccccc1C=C1Oc2cc(OS(=O)(=O)c3ccc(Br)cc3)ccc2C1=O. The molecule has 0 aliphatic carbocycles. The molecule has 5 nitrogen and oxygen atoms in total. The average molecular weight is 471 g/mol. The first kappa shape index (κ1) is 19.4. The third-order valence-electron chi connectivity index (χ3n) is 4.42. The number of carbonyl (C=O) groups is 1. The van der Waals surface area contributed by atoms with Crippen molar-refractivity contribution in [3.05, 3.63) is 93.7 Å². The van der Waals surface area contributed by atoms with Crippen molar-refractivity contribution in [1.29, 1.82) is 0 Å². The van der Waals surface area contributed by atoms with E-state index in [1.54, 1.807) is 18.2 Å². The van der Waals surface area contributed by atoms with E-state index < -0.39 is 10.1 Å². The number of hydrogen-bond acceptors (Lipinski definition) is 5. The highest BCUT2D eigenvalue weighted by Gasteiger charge is 2.28. The summed E-state index contributed by atoms with van der Waals surface area (Å²) in [5.41, 5.74) is 2.24. The molecule has 1 aliphatic heterocycles. The molecule has 1 heterocycles. The summed E-state index contributed by atoms with van der Waals surface area (Å²) in [6.45, 7) is 1.94. The van der Waals surface area contributed by atoms with Gasteiger partial charge in [0.05, 0.1) is 5.56 Å². The Kier molecular flexibility index (Phi) is 5.02. The minimum absolute atomic E-state index is 0.0262. The van der Waals surface area contributed by atoms with E-state index in [0.717, 1.165) is 15.6 Å². The number of aryl methyl sites for hydroxylation is 1. The van der Waals surface area contributed by atoms with Crippen LogP contribution in [0.15, 0.2) is 81.9 Å². The van der Waals surface area contributed by atoms with E-state index in [2.05, 4.69) is 15.9 Å². The molecule has 29 heavy (non-hydrogen) atoms. The number of halogens is 1. The molecule has 3 aromatic rings. The first-order valence-electron chi connectivity index (χ1n) is 8.67. The van der Waals surface area contributed by atoms with Crippen LogP contribution in [0.5, 0.6) is 11.5 Å². The number of benzene rings is 3. The monoisotopic (exact) mass is 470 g/mol. The lowest BCUT2D eigenvalue weighted by atomic mass is 10.1. The molecule has 0 bridgehead atoms. The first-order chi connectivity index (χ1) is 13.8. The van der Waals surface area contributed by atoms with Crippen molar-refractivity contribution in [3.63, 3.8) is 0 Å². The van der Waals surface area contributed by atoms with Crippen molar-refractivity contribution >= 4 is 37.9 Å². The van der Waals surface area contributed by atoms with Crippen LogP contribution in [0.25, 0.3) is 6.08 Å². The molecular formula is C22H15BrO5S. The number of Topliss-reactive ketones (excluding diaryl/α,β-unsaturated/α-hetero) is 1. The molecule has 0 unspecified atom stereocenters. The zero-order valence-electron chi connectivity index (χ0n) is 15.3. The van der Waals surface area contributed by atoms with Gasteiger partial charge in [0, 0.05) is 10.5 Å². The number of fused-ring (bicyclic) bond motifs is 1. The van der Waals surface area contributed by atoms with Gasteiger partial charge >= 0.3 is 10.1 Å². The smallest absolute Gasteiger partial charge is 0.339 e. The molecule has 1 aliphatic rings. The topological polar surface area (TPSA) is 69.7 Å². The molecule has 0 atom stereocenters. The van der Waals surface area contributed by atoms with Gasteiger partial charge in [0.1, 0.15) is 16.4 Å². The predicted octanol–water partition coefficient (Wildman–Crippen LogP) is 5.14. The number of rotatable bonds is 4. The predicted molar refractivity (Wildman–Crippen MR) is 113 cm³/mol. The van der Waals surface area contributed by atoms with Crippen LogP contribution in [0.2, 0.25) is 0 Å². The van der Waals surface area contributed by atoms with Crippen LogP contribution in [0.1, 0.15) is 21.5 Å². The Bertz CT molecular complexity index is 1240. The van der Waals surface area contributed by atoms with Crippen LogP contribution >= 0.6 is 15.9 Å². The number of ether oxygens (including phenoxy) is 1. The molecule has 7 heteroatoms. The van der Waals surface area contributed by atoms with Gasteiger partial charge in [0.2, 0.25) is 5.78 Å². The van der Waals surface area contributed by atoms with Gasteiger partial charge in [0.25, 0.3) is 0 Å². The van der Waals surface area contributed by atoms with E-state index in [-0.39, 0.29) is 27.9 Å². The highest BCUT2D eigenvalue weighted by atomic mass is 79.9. The lowest BCUT2D eigenvalue weighted by Gasteiger charge is -2.08. The molecule has 0 N–H and O–H groups in total. The van der Waals surface area contributed by atoms with Gasteiger partial charge in [-0.25, -0.2) is 0 Å². The van der Waals surface area contributed by atoms with Crippen molar-refractivity contribution in [2.24, 2.45) is 0 Å². The number of ketones is 1.